The molecule has 3 heteroatoms. The summed E-state index contributed by atoms with van der Waals surface area (Å²) >= 11 is 0. The maximum atomic E-state index is 9.74. The van der Waals surface area contributed by atoms with Gasteiger partial charge in [-0.25, -0.2) is 0 Å². The van der Waals surface area contributed by atoms with Crippen molar-refractivity contribution < 1.29 is 15.2 Å². The van der Waals surface area contributed by atoms with Crippen LogP contribution < -0.4 is 10.1 Å². The molecule has 17 heavy (non-hydrogen) atoms. The fourth-order valence-corrected chi connectivity index (χ4v) is 1.71. The largest absolute Gasteiger partial charge is 0.491 e. The quantitative estimate of drug-likeness (QED) is 0.777. The lowest BCUT2D eigenvalue weighted by Crippen LogP contribution is -2.90. The van der Waals surface area contributed by atoms with E-state index >= 15 is 0 Å². The second kappa shape index (κ2) is 6.62. The van der Waals surface area contributed by atoms with Gasteiger partial charge in [-0.05, 0) is 51.0 Å². The van der Waals surface area contributed by atoms with Gasteiger partial charge in [0.1, 0.15) is 25.0 Å². The summed E-state index contributed by atoms with van der Waals surface area (Å²) in [6.45, 7) is 9.34. The minimum Gasteiger partial charge on any atom is -0.491 e. The number of quaternary nitrogens is 1. The average Bonchev–Trinajstić information content (AvgIpc) is 2.22. The molecule has 0 amide bonds. The van der Waals surface area contributed by atoms with Crippen LogP contribution in [0.15, 0.2) is 18.2 Å². The molecule has 1 atom stereocenters. The fourth-order valence-electron chi connectivity index (χ4n) is 1.71. The second-order valence-electron chi connectivity index (χ2n) is 5.00. The summed E-state index contributed by atoms with van der Waals surface area (Å²) in [5, 5.41) is 11.8. The SMILES string of the molecule is Cc1cc(C)cc(OC[C@@H](O)C[NH2+]C(C)C)c1. The Hall–Kier alpha value is -1.06. The molecule has 0 radical (unpaired) electrons. The minimum absolute atomic E-state index is 0.353. The third kappa shape index (κ3) is 5.71. The molecule has 96 valence electrons. The third-order valence-electron chi connectivity index (χ3n) is 2.52. The van der Waals surface area contributed by atoms with Crippen molar-refractivity contribution >= 4 is 0 Å². The molecule has 0 aromatic heterocycles. The maximum Gasteiger partial charge on any atom is 0.137 e. The summed E-state index contributed by atoms with van der Waals surface area (Å²) in [6.07, 6.45) is -0.418. The summed E-state index contributed by atoms with van der Waals surface area (Å²) in [4.78, 5) is 0. The molecule has 1 aromatic rings. The molecule has 1 aromatic carbocycles. The Kier molecular flexibility index (Phi) is 5.45. The topological polar surface area (TPSA) is 46.1 Å². The monoisotopic (exact) mass is 238 g/mol. The molecular formula is C14H24NO2+. The van der Waals surface area contributed by atoms with Crippen molar-refractivity contribution in [2.24, 2.45) is 0 Å². The van der Waals surface area contributed by atoms with Crippen molar-refractivity contribution in [3.05, 3.63) is 29.3 Å². The zero-order valence-corrected chi connectivity index (χ0v) is 11.2. The van der Waals surface area contributed by atoms with Gasteiger partial charge >= 0.3 is 0 Å². The van der Waals surface area contributed by atoms with E-state index in [1.165, 1.54) is 11.1 Å². The van der Waals surface area contributed by atoms with Crippen LogP contribution in [0.2, 0.25) is 0 Å². The Morgan fingerprint density at radius 3 is 2.29 bits per heavy atom. The predicted molar refractivity (Wildman–Crippen MR) is 69.3 cm³/mol. The summed E-state index contributed by atoms with van der Waals surface area (Å²) < 4.78 is 5.59. The number of benzene rings is 1. The van der Waals surface area contributed by atoms with Crippen molar-refractivity contribution in [3.63, 3.8) is 0 Å². The highest BCUT2D eigenvalue weighted by atomic mass is 16.5. The first-order chi connectivity index (χ1) is 7.97. The molecule has 0 aliphatic rings. The number of ether oxygens (including phenoxy) is 1. The van der Waals surface area contributed by atoms with Gasteiger partial charge in [-0.15, -0.1) is 0 Å². The summed E-state index contributed by atoms with van der Waals surface area (Å²) in [6, 6.07) is 6.60. The number of hydrogen-bond acceptors (Lipinski definition) is 2. The lowest BCUT2D eigenvalue weighted by Gasteiger charge is -2.13. The van der Waals surface area contributed by atoms with E-state index in [-0.39, 0.29) is 0 Å². The van der Waals surface area contributed by atoms with E-state index in [9.17, 15) is 5.11 Å². The first kappa shape index (κ1) is 14.0. The van der Waals surface area contributed by atoms with Crippen molar-refractivity contribution in [2.75, 3.05) is 13.2 Å². The predicted octanol–water partition coefficient (Wildman–Crippen LogP) is 1.01. The lowest BCUT2D eigenvalue weighted by atomic mass is 10.1. The smallest absolute Gasteiger partial charge is 0.137 e. The molecule has 0 aliphatic carbocycles. The number of rotatable bonds is 6. The molecule has 0 fully saturated rings. The van der Waals surface area contributed by atoms with Crippen LogP contribution in [-0.2, 0) is 0 Å². The van der Waals surface area contributed by atoms with Crippen molar-refractivity contribution in [1.82, 2.24) is 0 Å². The van der Waals surface area contributed by atoms with Crippen LogP contribution in [0, 0.1) is 13.8 Å². The highest BCUT2D eigenvalue weighted by molar-refractivity contribution is 5.32. The molecule has 3 nitrogen and oxygen atoms in total. The van der Waals surface area contributed by atoms with Gasteiger partial charge in [0.15, 0.2) is 0 Å². The average molecular weight is 238 g/mol. The molecule has 0 heterocycles. The van der Waals surface area contributed by atoms with E-state index in [0.717, 1.165) is 5.75 Å². The number of aliphatic hydroxyl groups is 1. The van der Waals surface area contributed by atoms with Crippen LogP contribution >= 0.6 is 0 Å². The number of nitrogens with two attached hydrogens (primary N) is 1. The Morgan fingerprint density at radius 1 is 1.18 bits per heavy atom. The summed E-state index contributed by atoms with van der Waals surface area (Å²) in [5.74, 6) is 0.839. The van der Waals surface area contributed by atoms with Crippen molar-refractivity contribution in [1.29, 1.82) is 0 Å². The molecule has 0 saturated carbocycles. The van der Waals surface area contributed by atoms with E-state index in [0.29, 0.717) is 19.2 Å². The Bertz CT molecular complexity index is 330. The first-order valence-corrected chi connectivity index (χ1v) is 6.20. The van der Waals surface area contributed by atoms with E-state index in [2.05, 4.69) is 25.2 Å². The van der Waals surface area contributed by atoms with Gasteiger partial charge in [0, 0.05) is 0 Å². The Labute approximate surface area is 104 Å². The number of aryl methyl sites for hydroxylation is 2. The van der Waals surface area contributed by atoms with Gasteiger partial charge in [0.25, 0.3) is 0 Å². The van der Waals surface area contributed by atoms with Crippen LogP contribution in [0.25, 0.3) is 0 Å². The number of hydrogen-bond donors (Lipinski definition) is 2. The molecule has 1 rings (SSSR count). The van der Waals surface area contributed by atoms with Gasteiger partial charge in [-0.2, -0.15) is 0 Å². The van der Waals surface area contributed by atoms with Crippen molar-refractivity contribution in [3.8, 4) is 5.75 Å². The van der Waals surface area contributed by atoms with Gasteiger partial charge in [-0.3, -0.25) is 0 Å². The summed E-state index contributed by atoms with van der Waals surface area (Å²) in [7, 11) is 0. The van der Waals surface area contributed by atoms with E-state index in [1.54, 1.807) is 0 Å². The van der Waals surface area contributed by atoms with Crippen LogP contribution in [0.3, 0.4) is 0 Å². The molecule has 0 saturated heterocycles. The van der Waals surface area contributed by atoms with E-state index in [1.807, 2.05) is 26.0 Å². The Morgan fingerprint density at radius 2 is 1.76 bits per heavy atom. The van der Waals surface area contributed by atoms with E-state index < -0.39 is 6.10 Å². The van der Waals surface area contributed by atoms with E-state index in [4.69, 9.17) is 4.74 Å². The van der Waals surface area contributed by atoms with Gasteiger partial charge in [0.05, 0.1) is 6.04 Å². The highest BCUT2D eigenvalue weighted by Crippen LogP contribution is 2.16. The van der Waals surface area contributed by atoms with Gasteiger partial charge < -0.3 is 15.2 Å². The zero-order valence-electron chi connectivity index (χ0n) is 11.2. The Balaban J connectivity index is 2.39. The normalized spacial score (nSPS) is 12.8. The molecule has 0 bridgehead atoms. The molecule has 0 unspecified atom stereocenters. The van der Waals surface area contributed by atoms with Crippen molar-refractivity contribution in [2.45, 2.75) is 39.8 Å². The molecule has 3 N–H and O–H groups in total. The molecule has 0 aliphatic heterocycles. The zero-order chi connectivity index (χ0) is 12.8. The first-order valence-electron chi connectivity index (χ1n) is 6.20. The van der Waals surface area contributed by atoms with Gasteiger partial charge in [-0.1, -0.05) is 6.07 Å². The fraction of sp³-hybridized carbons (Fsp3) is 0.571. The maximum absolute atomic E-state index is 9.74. The summed E-state index contributed by atoms with van der Waals surface area (Å²) in [5.41, 5.74) is 2.37. The van der Waals surface area contributed by atoms with Crippen LogP contribution in [-0.4, -0.2) is 30.4 Å². The third-order valence-corrected chi connectivity index (χ3v) is 2.52. The lowest BCUT2D eigenvalue weighted by molar-refractivity contribution is -0.688. The molecular weight excluding hydrogens is 214 g/mol. The number of aliphatic hydroxyl groups excluding tert-OH is 1. The van der Waals surface area contributed by atoms with Crippen LogP contribution in [0.5, 0.6) is 5.75 Å². The molecule has 0 spiro atoms. The minimum atomic E-state index is -0.418. The van der Waals surface area contributed by atoms with Crippen LogP contribution in [0.4, 0.5) is 0 Å². The second-order valence-corrected chi connectivity index (χ2v) is 5.00. The standard InChI is InChI=1S/C14H23NO2/c1-10(2)15-8-13(16)9-17-14-6-11(3)5-12(4)7-14/h5-7,10,13,15-16H,8-9H2,1-4H3/p+1/t13-/m0/s1. The van der Waals surface area contributed by atoms with Crippen LogP contribution in [0.1, 0.15) is 25.0 Å². The highest BCUT2D eigenvalue weighted by Gasteiger charge is 2.08. The van der Waals surface area contributed by atoms with Gasteiger partial charge in [0.2, 0.25) is 0 Å².